The first kappa shape index (κ1) is 44.8. The fourth-order valence-corrected chi connectivity index (χ4v) is 13.4. The zero-order valence-electron chi connectivity index (χ0n) is 43.2. The lowest BCUT2D eigenvalue weighted by Crippen LogP contribution is -2.29. The number of anilines is 6. The first-order valence-corrected chi connectivity index (χ1v) is 27.2. The maximum atomic E-state index is 2.50. The van der Waals surface area contributed by atoms with Gasteiger partial charge in [0.15, 0.2) is 0 Å². The van der Waals surface area contributed by atoms with Gasteiger partial charge in [0, 0.05) is 67.0 Å². The van der Waals surface area contributed by atoms with Crippen LogP contribution < -0.4 is 9.80 Å². The Labute approximate surface area is 458 Å². The molecule has 2 aromatic heterocycles. The molecule has 0 fully saturated rings. The molecule has 370 valence electrons. The van der Waals surface area contributed by atoms with Crippen molar-refractivity contribution >= 4 is 99.3 Å². The van der Waals surface area contributed by atoms with Crippen LogP contribution in [0.4, 0.5) is 34.1 Å². The van der Waals surface area contributed by atoms with Crippen LogP contribution in [0, 0.1) is 0 Å². The van der Waals surface area contributed by atoms with E-state index in [-0.39, 0.29) is 0 Å². The molecule has 2 heterocycles. The molecule has 4 nitrogen and oxygen atoms in total. The maximum absolute atomic E-state index is 2.50. The lowest BCUT2D eigenvalue weighted by molar-refractivity contribution is 0.771. The molecule has 4 heteroatoms. The van der Waals surface area contributed by atoms with Gasteiger partial charge >= 0.3 is 0 Å². The van der Waals surface area contributed by atoms with Crippen molar-refractivity contribution in [2.24, 2.45) is 0 Å². The van der Waals surface area contributed by atoms with Crippen molar-refractivity contribution in [2.45, 2.75) is 5.41 Å². The number of fused-ring (bicyclic) bond motifs is 6. The minimum Gasteiger partial charge on any atom is -0.310 e. The van der Waals surface area contributed by atoms with Crippen LogP contribution in [-0.4, -0.2) is 9.13 Å². The number of rotatable bonds is 10. The Balaban J connectivity index is 0.897. The average molecular weight is 1010 g/mol. The number of para-hydroxylation sites is 6. The van der Waals surface area contributed by atoms with Gasteiger partial charge in [-0.05, 0) is 165 Å². The summed E-state index contributed by atoms with van der Waals surface area (Å²) in [6.45, 7) is 0. The highest BCUT2D eigenvalue weighted by Gasteiger charge is 2.46. The molecule has 16 rings (SSSR count). The minimum absolute atomic E-state index is 0.694. The van der Waals surface area contributed by atoms with E-state index in [2.05, 4.69) is 322 Å². The van der Waals surface area contributed by atoms with Crippen molar-refractivity contribution in [3.05, 3.63) is 326 Å². The normalized spacial score (nSPS) is 12.7. The Morgan fingerprint density at radius 1 is 0.241 bits per heavy atom. The summed E-state index contributed by atoms with van der Waals surface area (Å²) in [5.74, 6) is 0. The van der Waals surface area contributed by atoms with Crippen LogP contribution in [0.5, 0.6) is 0 Å². The number of hydrogen-bond donors (Lipinski definition) is 0. The maximum Gasteiger partial charge on any atom is 0.0715 e. The number of hydrogen-bond acceptors (Lipinski definition) is 2. The molecular weight excluding hydrogens is 957 g/mol. The van der Waals surface area contributed by atoms with Crippen LogP contribution >= 0.6 is 0 Å². The molecule has 1 aliphatic carbocycles. The second-order valence-corrected chi connectivity index (χ2v) is 20.8. The second kappa shape index (κ2) is 17.8. The fourth-order valence-electron chi connectivity index (χ4n) is 13.4. The molecule has 0 N–H and O–H groups in total. The third-order valence-corrected chi connectivity index (χ3v) is 16.7. The fraction of sp³-hybridized carbons (Fsp3) is 0.0133. The molecule has 0 saturated carbocycles. The Morgan fingerprint density at radius 3 is 0.873 bits per heavy atom. The van der Waals surface area contributed by atoms with Crippen LogP contribution in [0.15, 0.2) is 303 Å². The molecule has 15 aromatic rings. The Kier molecular flexibility index (Phi) is 10.1. The van der Waals surface area contributed by atoms with E-state index in [0.717, 1.165) is 45.5 Å². The topological polar surface area (TPSA) is 16.3 Å². The van der Waals surface area contributed by atoms with E-state index >= 15 is 0 Å². The SMILES string of the molecule is c1ccc(N(c2ccc(-n3c4ccccc4c4ccccc43)cc2)c2cc3c4c(ccc5cc(N(c6ccccc6)c6ccc(-n7c8ccccc8c8ccccc87)cc6)cc(c54)C3(c3ccccc3)c3ccccc3)c2)cc1. The van der Waals surface area contributed by atoms with Gasteiger partial charge in [0.1, 0.15) is 0 Å². The first-order chi connectivity index (χ1) is 39.2. The molecule has 0 bridgehead atoms. The Hall–Kier alpha value is -10.4. The number of aromatic nitrogens is 2. The van der Waals surface area contributed by atoms with Gasteiger partial charge in [-0.25, -0.2) is 0 Å². The molecule has 0 radical (unpaired) electrons. The summed E-state index contributed by atoms with van der Waals surface area (Å²) in [4.78, 5) is 4.87. The minimum atomic E-state index is -0.694. The van der Waals surface area contributed by atoms with Gasteiger partial charge in [0.2, 0.25) is 0 Å². The monoisotopic (exact) mass is 1010 g/mol. The molecular formula is C75H50N4. The van der Waals surface area contributed by atoms with Gasteiger partial charge in [-0.15, -0.1) is 0 Å². The summed E-state index contributed by atoms with van der Waals surface area (Å²) in [5.41, 5.74) is 17.8. The van der Waals surface area contributed by atoms with Crippen molar-refractivity contribution in [3.63, 3.8) is 0 Å². The third-order valence-electron chi connectivity index (χ3n) is 16.7. The van der Waals surface area contributed by atoms with E-state index in [9.17, 15) is 0 Å². The molecule has 0 aliphatic heterocycles. The van der Waals surface area contributed by atoms with E-state index in [1.54, 1.807) is 0 Å². The predicted octanol–water partition coefficient (Wildman–Crippen LogP) is 19.8. The van der Waals surface area contributed by atoms with Crippen molar-refractivity contribution in [1.82, 2.24) is 9.13 Å². The summed E-state index contributed by atoms with van der Waals surface area (Å²) in [7, 11) is 0. The van der Waals surface area contributed by atoms with Crippen molar-refractivity contribution in [3.8, 4) is 11.4 Å². The number of nitrogens with zero attached hydrogens (tertiary/aromatic N) is 4. The van der Waals surface area contributed by atoms with E-state index in [4.69, 9.17) is 0 Å². The van der Waals surface area contributed by atoms with Crippen LogP contribution in [-0.2, 0) is 5.41 Å². The summed E-state index contributed by atoms with van der Waals surface area (Å²) >= 11 is 0. The Morgan fingerprint density at radius 2 is 0.532 bits per heavy atom. The van der Waals surface area contributed by atoms with E-state index < -0.39 is 5.41 Å². The molecule has 0 saturated heterocycles. The molecule has 1 aliphatic rings. The summed E-state index contributed by atoms with van der Waals surface area (Å²) in [6.07, 6.45) is 0. The van der Waals surface area contributed by atoms with Crippen LogP contribution in [0.2, 0.25) is 0 Å². The molecule has 0 amide bonds. The number of benzene rings is 13. The average Bonchev–Trinajstić information content (AvgIpc) is 4.32. The zero-order chi connectivity index (χ0) is 52.0. The van der Waals surface area contributed by atoms with Gasteiger partial charge in [-0.2, -0.15) is 0 Å². The highest BCUT2D eigenvalue weighted by Crippen LogP contribution is 2.59. The predicted molar refractivity (Wildman–Crippen MR) is 331 cm³/mol. The molecule has 79 heavy (non-hydrogen) atoms. The van der Waals surface area contributed by atoms with Gasteiger partial charge in [-0.3, -0.25) is 0 Å². The standard InChI is InChI=1S/C75H50N4/c1-5-21-53(22-6-1)75(54-23-7-2-8-24-54)67-49-61(76(55-25-9-3-10-26-55)57-39-43-59(44-40-57)78-69-33-17-13-29-63(69)64-30-14-18-34-70(64)78)47-51-37-38-52-48-62(50-68(75)74(52)73(51)67)77(56-27-11-4-12-28-56)58-41-45-60(46-42-58)79-71-35-19-15-31-65(71)66-32-16-20-36-72(66)79/h1-50H. The smallest absolute Gasteiger partial charge is 0.0715 e. The lowest BCUT2D eigenvalue weighted by Gasteiger charge is -2.36. The summed E-state index contributed by atoms with van der Waals surface area (Å²) in [5, 5.41) is 9.98. The zero-order valence-corrected chi connectivity index (χ0v) is 43.2. The molecule has 13 aromatic carbocycles. The quantitative estimate of drug-likeness (QED) is 0.127. The third kappa shape index (κ3) is 6.81. The summed E-state index contributed by atoms with van der Waals surface area (Å²) in [6, 6.07) is 112. The largest absolute Gasteiger partial charge is 0.310 e. The van der Waals surface area contributed by atoms with E-state index in [0.29, 0.717) is 0 Å². The first-order valence-electron chi connectivity index (χ1n) is 27.2. The highest BCUT2D eigenvalue weighted by atomic mass is 15.2. The highest BCUT2D eigenvalue weighted by molar-refractivity contribution is 6.18. The lowest BCUT2D eigenvalue weighted by atomic mass is 9.67. The van der Waals surface area contributed by atoms with Crippen molar-refractivity contribution in [2.75, 3.05) is 9.80 Å². The molecule has 0 spiro atoms. The van der Waals surface area contributed by atoms with Gasteiger partial charge < -0.3 is 18.9 Å². The van der Waals surface area contributed by atoms with Gasteiger partial charge in [0.25, 0.3) is 0 Å². The van der Waals surface area contributed by atoms with E-state index in [1.165, 1.54) is 87.4 Å². The second-order valence-electron chi connectivity index (χ2n) is 20.8. The van der Waals surface area contributed by atoms with Crippen LogP contribution in [0.1, 0.15) is 22.3 Å². The molecule has 0 unspecified atom stereocenters. The van der Waals surface area contributed by atoms with Crippen LogP contribution in [0.25, 0.3) is 76.5 Å². The van der Waals surface area contributed by atoms with Crippen molar-refractivity contribution in [1.29, 1.82) is 0 Å². The molecule has 0 atom stereocenters. The summed E-state index contributed by atoms with van der Waals surface area (Å²) < 4.78 is 4.79. The van der Waals surface area contributed by atoms with Crippen molar-refractivity contribution < 1.29 is 0 Å². The van der Waals surface area contributed by atoms with E-state index in [1.807, 2.05) is 0 Å². The Bertz CT molecular complexity index is 4400. The van der Waals surface area contributed by atoms with Gasteiger partial charge in [0.05, 0.1) is 27.5 Å². The van der Waals surface area contributed by atoms with Gasteiger partial charge in [-0.1, -0.05) is 182 Å². The van der Waals surface area contributed by atoms with Crippen LogP contribution in [0.3, 0.4) is 0 Å².